The summed E-state index contributed by atoms with van der Waals surface area (Å²) in [6, 6.07) is 44.9. The number of nitrogens with zero attached hydrogens (tertiary/aromatic N) is 2. The predicted octanol–water partition coefficient (Wildman–Crippen LogP) is 7.68. The topological polar surface area (TPSA) is 16.1 Å². The number of aromatic nitrogens is 1. The molecule has 1 radical (unpaired) electrons. The second kappa shape index (κ2) is 10.2. The van der Waals surface area contributed by atoms with Gasteiger partial charge in [-0.05, 0) is 41.6 Å². The summed E-state index contributed by atoms with van der Waals surface area (Å²) in [5.74, 6) is 0. The first-order valence-corrected chi connectivity index (χ1v) is 10.3. The van der Waals surface area contributed by atoms with Crippen molar-refractivity contribution in [2.24, 2.45) is 0 Å². The van der Waals surface area contributed by atoms with Crippen molar-refractivity contribution in [3.63, 3.8) is 0 Å². The van der Waals surface area contributed by atoms with Gasteiger partial charge in [-0.3, -0.25) is 0 Å². The standard InChI is InChI=1S/C29H21N2.Ir/c1-4-11-23(12-5-1)24-13-10-14-25(21-24)29-22-28(19-20-30-29)31(26-15-6-2-7-16-26)27-17-8-3-9-18-27;/h1-13,15-22H;/q-1;. The first kappa shape index (κ1) is 21.7. The average molecular weight is 590 g/mol. The van der Waals surface area contributed by atoms with Crippen molar-refractivity contribution < 1.29 is 20.1 Å². The zero-order valence-electron chi connectivity index (χ0n) is 17.4. The molecule has 1 aromatic heterocycles. The van der Waals surface area contributed by atoms with E-state index in [9.17, 15) is 0 Å². The van der Waals surface area contributed by atoms with Crippen LogP contribution in [0.15, 0.2) is 128 Å². The summed E-state index contributed by atoms with van der Waals surface area (Å²) in [6.45, 7) is 0. The summed E-state index contributed by atoms with van der Waals surface area (Å²) in [5.41, 5.74) is 7.48. The fourth-order valence-corrected chi connectivity index (χ4v) is 3.73. The van der Waals surface area contributed by atoms with E-state index < -0.39 is 0 Å². The fraction of sp³-hybridized carbons (Fsp3) is 0. The van der Waals surface area contributed by atoms with Gasteiger partial charge in [-0.15, -0.1) is 35.4 Å². The Morgan fingerprint density at radius 2 is 1.16 bits per heavy atom. The van der Waals surface area contributed by atoms with E-state index in [0.717, 1.165) is 33.9 Å². The third kappa shape index (κ3) is 4.70. The van der Waals surface area contributed by atoms with Crippen LogP contribution in [0.5, 0.6) is 0 Å². The minimum Gasteiger partial charge on any atom is -0.311 e. The van der Waals surface area contributed by atoms with Crippen LogP contribution in [-0.2, 0) is 20.1 Å². The van der Waals surface area contributed by atoms with Gasteiger partial charge in [0.1, 0.15) is 0 Å². The fourth-order valence-electron chi connectivity index (χ4n) is 3.73. The zero-order chi connectivity index (χ0) is 20.9. The molecule has 0 unspecified atom stereocenters. The Kier molecular flexibility index (Phi) is 6.91. The minimum atomic E-state index is 0. The molecule has 0 amide bonds. The first-order valence-electron chi connectivity index (χ1n) is 10.3. The maximum absolute atomic E-state index is 4.66. The Bertz CT molecular complexity index is 1230. The van der Waals surface area contributed by atoms with Crippen molar-refractivity contribution in [3.8, 4) is 22.4 Å². The number of hydrogen-bond donors (Lipinski definition) is 0. The number of hydrogen-bond acceptors (Lipinski definition) is 2. The van der Waals surface area contributed by atoms with Crippen LogP contribution >= 0.6 is 0 Å². The molecule has 32 heavy (non-hydrogen) atoms. The number of anilines is 3. The molecule has 2 nitrogen and oxygen atoms in total. The molecule has 157 valence electrons. The molecule has 5 rings (SSSR count). The number of benzene rings is 4. The van der Waals surface area contributed by atoms with Crippen LogP contribution in [0.4, 0.5) is 17.1 Å². The summed E-state index contributed by atoms with van der Waals surface area (Å²) in [6.07, 6.45) is 1.87. The van der Waals surface area contributed by atoms with Crippen molar-refractivity contribution in [1.29, 1.82) is 0 Å². The van der Waals surface area contributed by atoms with E-state index in [1.807, 2.05) is 36.5 Å². The van der Waals surface area contributed by atoms with Gasteiger partial charge >= 0.3 is 0 Å². The molecule has 0 fully saturated rings. The molecular formula is C29H21IrN2-. The van der Waals surface area contributed by atoms with E-state index in [-0.39, 0.29) is 20.1 Å². The Labute approximate surface area is 202 Å². The molecule has 1 heterocycles. The molecule has 0 aliphatic carbocycles. The van der Waals surface area contributed by atoms with Crippen LogP contribution in [-0.4, -0.2) is 4.98 Å². The van der Waals surface area contributed by atoms with E-state index in [1.54, 1.807) is 0 Å². The van der Waals surface area contributed by atoms with E-state index >= 15 is 0 Å². The third-order valence-corrected chi connectivity index (χ3v) is 5.22. The molecule has 0 atom stereocenters. The molecule has 4 aromatic carbocycles. The van der Waals surface area contributed by atoms with Crippen LogP contribution < -0.4 is 4.90 Å². The van der Waals surface area contributed by atoms with Crippen molar-refractivity contribution in [2.45, 2.75) is 0 Å². The maximum Gasteiger partial charge on any atom is 0.0461 e. The Balaban J connectivity index is 0.00000245. The van der Waals surface area contributed by atoms with Gasteiger partial charge in [0.2, 0.25) is 0 Å². The van der Waals surface area contributed by atoms with Gasteiger partial charge in [0.05, 0.1) is 0 Å². The Morgan fingerprint density at radius 1 is 0.562 bits per heavy atom. The SMILES string of the molecule is [Ir].[c-]1ccc(-c2ccccc2)cc1-c1cc(N(c2ccccc2)c2ccccc2)ccn1. The average Bonchev–Trinajstić information content (AvgIpc) is 2.86. The van der Waals surface area contributed by atoms with E-state index in [4.69, 9.17) is 0 Å². The van der Waals surface area contributed by atoms with Crippen molar-refractivity contribution in [1.82, 2.24) is 4.98 Å². The summed E-state index contributed by atoms with van der Waals surface area (Å²) >= 11 is 0. The van der Waals surface area contributed by atoms with Gasteiger partial charge in [-0.2, -0.15) is 0 Å². The minimum absolute atomic E-state index is 0. The zero-order valence-corrected chi connectivity index (χ0v) is 19.7. The van der Waals surface area contributed by atoms with E-state index in [1.165, 1.54) is 5.56 Å². The molecule has 0 N–H and O–H groups in total. The molecule has 0 aliphatic heterocycles. The molecule has 3 heteroatoms. The first-order chi connectivity index (χ1) is 15.4. The molecule has 0 saturated heterocycles. The van der Waals surface area contributed by atoms with Gasteiger partial charge in [0.15, 0.2) is 0 Å². The van der Waals surface area contributed by atoms with Gasteiger partial charge in [-0.25, -0.2) is 0 Å². The number of pyridine rings is 1. The van der Waals surface area contributed by atoms with Crippen LogP contribution in [0.3, 0.4) is 0 Å². The van der Waals surface area contributed by atoms with Crippen LogP contribution in [0.25, 0.3) is 22.4 Å². The van der Waals surface area contributed by atoms with Gasteiger partial charge in [0.25, 0.3) is 0 Å². The van der Waals surface area contributed by atoms with E-state index in [0.29, 0.717) is 0 Å². The van der Waals surface area contributed by atoms with Crippen LogP contribution in [0.2, 0.25) is 0 Å². The molecule has 0 bridgehead atoms. The largest absolute Gasteiger partial charge is 0.311 e. The Hall–Kier alpha value is -3.52. The predicted molar refractivity (Wildman–Crippen MR) is 129 cm³/mol. The smallest absolute Gasteiger partial charge is 0.0461 e. The Morgan fingerprint density at radius 3 is 1.78 bits per heavy atom. The number of para-hydroxylation sites is 2. The monoisotopic (exact) mass is 590 g/mol. The van der Waals surface area contributed by atoms with E-state index in [2.05, 4.69) is 107 Å². The molecule has 0 spiro atoms. The van der Waals surface area contributed by atoms with Gasteiger partial charge in [0, 0.05) is 43.4 Å². The normalized spacial score (nSPS) is 10.2. The summed E-state index contributed by atoms with van der Waals surface area (Å²) in [4.78, 5) is 6.90. The summed E-state index contributed by atoms with van der Waals surface area (Å²) in [5, 5.41) is 0. The summed E-state index contributed by atoms with van der Waals surface area (Å²) < 4.78 is 0. The van der Waals surface area contributed by atoms with Gasteiger partial charge < -0.3 is 9.88 Å². The molecule has 0 aliphatic rings. The molecule has 5 aromatic rings. The molecular weight excluding hydrogens is 569 g/mol. The van der Waals surface area contributed by atoms with Crippen LogP contribution in [0.1, 0.15) is 0 Å². The van der Waals surface area contributed by atoms with Crippen molar-refractivity contribution in [2.75, 3.05) is 4.90 Å². The van der Waals surface area contributed by atoms with Gasteiger partial charge in [-0.1, -0.05) is 72.8 Å². The van der Waals surface area contributed by atoms with Crippen molar-refractivity contribution >= 4 is 17.1 Å². The van der Waals surface area contributed by atoms with Crippen LogP contribution in [0, 0.1) is 6.07 Å². The second-order valence-electron chi connectivity index (χ2n) is 7.26. The summed E-state index contributed by atoms with van der Waals surface area (Å²) in [7, 11) is 0. The second-order valence-corrected chi connectivity index (χ2v) is 7.26. The molecule has 0 saturated carbocycles. The quantitative estimate of drug-likeness (QED) is 0.196. The number of rotatable bonds is 5. The maximum atomic E-state index is 4.66. The third-order valence-electron chi connectivity index (χ3n) is 5.22. The van der Waals surface area contributed by atoms with Crippen molar-refractivity contribution in [3.05, 3.63) is 134 Å².